The Bertz CT molecular complexity index is 393. The van der Waals surface area contributed by atoms with Gasteiger partial charge in [-0.25, -0.2) is 4.39 Å². The average Bonchev–Trinajstić information content (AvgIpc) is 2.36. The van der Waals surface area contributed by atoms with Gasteiger partial charge in [0.05, 0.1) is 13.2 Å². The van der Waals surface area contributed by atoms with E-state index in [1.807, 2.05) is 12.1 Å². The van der Waals surface area contributed by atoms with Gasteiger partial charge < -0.3 is 10.1 Å². The molecule has 2 nitrogen and oxygen atoms in total. The minimum atomic E-state index is -0.159. The molecule has 0 amide bonds. The monoisotopic (exact) mass is 249 g/mol. The number of halogens is 1. The molecule has 98 valence electrons. The van der Waals surface area contributed by atoms with Crippen molar-refractivity contribution in [2.24, 2.45) is 5.92 Å². The molecule has 18 heavy (non-hydrogen) atoms. The molecule has 0 bridgehead atoms. The van der Waals surface area contributed by atoms with Gasteiger partial charge in [-0.15, -0.1) is 0 Å². The van der Waals surface area contributed by atoms with Crippen LogP contribution in [-0.4, -0.2) is 26.3 Å². The van der Waals surface area contributed by atoms with Crippen LogP contribution in [-0.2, 0) is 10.2 Å². The lowest BCUT2D eigenvalue weighted by molar-refractivity contribution is -0.0727. The first-order chi connectivity index (χ1) is 8.78. The second kappa shape index (κ2) is 4.98. The molecule has 0 spiro atoms. The highest BCUT2D eigenvalue weighted by molar-refractivity contribution is 5.28. The van der Waals surface area contributed by atoms with Crippen LogP contribution >= 0.6 is 0 Å². The first-order valence-electron chi connectivity index (χ1n) is 6.83. The fourth-order valence-corrected chi connectivity index (χ4v) is 3.21. The maximum atomic E-state index is 13.0. The van der Waals surface area contributed by atoms with Crippen molar-refractivity contribution in [3.05, 3.63) is 35.6 Å². The van der Waals surface area contributed by atoms with Crippen LogP contribution in [0.15, 0.2) is 24.3 Å². The molecule has 1 atom stereocenters. The van der Waals surface area contributed by atoms with Crippen LogP contribution < -0.4 is 5.32 Å². The van der Waals surface area contributed by atoms with Crippen molar-refractivity contribution in [1.29, 1.82) is 0 Å². The summed E-state index contributed by atoms with van der Waals surface area (Å²) in [4.78, 5) is 0. The number of nitrogens with one attached hydrogen (secondary N) is 1. The van der Waals surface area contributed by atoms with E-state index >= 15 is 0 Å². The van der Waals surface area contributed by atoms with Crippen molar-refractivity contribution in [2.75, 3.05) is 26.3 Å². The molecule has 3 rings (SSSR count). The highest BCUT2D eigenvalue weighted by Crippen LogP contribution is 2.39. The van der Waals surface area contributed by atoms with E-state index < -0.39 is 0 Å². The third-order valence-electron chi connectivity index (χ3n) is 4.29. The van der Waals surface area contributed by atoms with E-state index in [9.17, 15) is 4.39 Å². The van der Waals surface area contributed by atoms with Gasteiger partial charge in [0.25, 0.3) is 0 Å². The largest absolute Gasteiger partial charge is 0.379 e. The third kappa shape index (κ3) is 2.29. The Morgan fingerprint density at radius 3 is 2.61 bits per heavy atom. The van der Waals surface area contributed by atoms with E-state index in [0.717, 1.165) is 38.6 Å². The lowest BCUT2D eigenvalue weighted by atomic mass is 9.71. The van der Waals surface area contributed by atoms with Gasteiger partial charge in [0.15, 0.2) is 0 Å². The number of hydrogen-bond donors (Lipinski definition) is 1. The van der Waals surface area contributed by atoms with Crippen LogP contribution in [0.4, 0.5) is 4.39 Å². The van der Waals surface area contributed by atoms with Gasteiger partial charge in [0, 0.05) is 5.41 Å². The fourth-order valence-electron chi connectivity index (χ4n) is 3.21. The molecular weight excluding hydrogens is 229 g/mol. The van der Waals surface area contributed by atoms with Crippen LogP contribution in [0, 0.1) is 11.7 Å². The van der Waals surface area contributed by atoms with Crippen molar-refractivity contribution in [3.63, 3.8) is 0 Å². The van der Waals surface area contributed by atoms with Crippen LogP contribution in [0.25, 0.3) is 0 Å². The molecule has 0 aliphatic carbocycles. The van der Waals surface area contributed by atoms with Crippen molar-refractivity contribution >= 4 is 0 Å². The van der Waals surface area contributed by atoms with Crippen molar-refractivity contribution in [2.45, 2.75) is 24.7 Å². The standard InChI is InChI=1S/C15H20FNO/c16-14-5-3-13(4-6-14)15(10-18-11-15)8-12-2-1-7-17-9-12/h3-6,12,17H,1-2,7-11H2. The smallest absolute Gasteiger partial charge is 0.123 e. The lowest BCUT2D eigenvalue weighted by Crippen LogP contribution is -2.49. The van der Waals surface area contributed by atoms with Gasteiger partial charge in [0.2, 0.25) is 0 Å². The highest BCUT2D eigenvalue weighted by atomic mass is 19.1. The average molecular weight is 249 g/mol. The van der Waals surface area contributed by atoms with Crippen molar-refractivity contribution in [1.82, 2.24) is 5.32 Å². The molecular formula is C15H20FNO. The Labute approximate surface area is 108 Å². The summed E-state index contributed by atoms with van der Waals surface area (Å²) < 4.78 is 18.5. The summed E-state index contributed by atoms with van der Waals surface area (Å²) in [5.41, 5.74) is 1.37. The molecule has 1 unspecified atom stereocenters. The molecule has 0 aromatic heterocycles. The molecule has 0 radical (unpaired) electrons. The number of benzene rings is 1. The lowest BCUT2D eigenvalue weighted by Gasteiger charge is -2.45. The number of piperidine rings is 1. The Morgan fingerprint density at radius 1 is 1.28 bits per heavy atom. The van der Waals surface area contributed by atoms with Crippen molar-refractivity contribution < 1.29 is 9.13 Å². The van der Waals surface area contributed by atoms with Crippen LogP contribution in [0.3, 0.4) is 0 Å². The number of hydrogen-bond acceptors (Lipinski definition) is 2. The van der Waals surface area contributed by atoms with E-state index in [1.165, 1.54) is 18.4 Å². The van der Waals surface area contributed by atoms with E-state index in [1.54, 1.807) is 12.1 Å². The maximum Gasteiger partial charge on any atom is 0.123 e. The Balaban J connectivity index is 1.74. The summed E-state index contributed by atoms with van der Waals surface area (Å²) in [6.07, 6.45) is 3.73. The minimum Gasteiger partial charge on any atom is -0.379 e. The molecule has 2 aliphatic rings. The molecule has 2 aliphatic heterocycles. The second-order valence-corrected chi connectivity index (χ2v) is 5.70. The van der Waals surface area contributed by atoms with E-state index in [0.29, 0.717) is 0 Å². The predicted molar refractivity (Wildman–Crippen MR) is 69.1 cm³/mol. The molecule has 2 saturated heterocycles. The van der Waals surface area contributed by atoms with E-state index in [2.05, 4.69) is 5.32 Å². The Kier molecular flexibility index (Phi) is 3.35. The molecule has 1 N–H and O–H groups in total. The summed E-state index contributed by atoms with van der Waals surface area (Å²) in [7, 11) is 0. The van der Waals surface area contributed by atoms with Crippen LogP contribution in [0.1, 0.15) is 24.8 Å². The number of ether oxygens (including phenoxy) is 1. The topological polar surface area (TPSA) is 21.3 Å². The zero-order chi connectivity index (χ0) is 12.4. The second-order valence-electron chi connectivity index (χ2n) is 5.70. The summed E-state index contributed by atoms with van der Waals surface area (Å²) in [5.74, 6) is 0.571. The SMILES string of the molecule is Fc1ccc(C2(CC3CCCNC3)COC2)cc1. The minimum absolute atomic E-state index is 0.136. The summed E-state index contributed by atoms with van der Waals surface area (Å²) in [6, 6.07) is 6.98. The van der Waals surface area contributed by atoms with Gasteiger partial charge in [-0.05, 0) is 56.0 Å². The Hall–Kier alpha value is -0.930. The first kappa shape index (κ1) is 12.1. The molecule has 2 fully saturated rings. The highest BCUT2D eigenvalue weighted by Gasteiger charge is 2.42. The molecule has 2 heterocycles. The summed E-state index contributed by atoms with van der Waals surface area (Å²) in [6.45, 7) is 3.84. The Morgan fingerprint density at radius 2 is 2.06 bits per heavy atom. The van der Waals surface area contributed by atoms with Gasteiger partial charge >= 0.3 is 0 Å². The molecule has 1 aromatic rings. The number of rotatable bonds is 3. The van der Waals surface area contributed by atoms with E-state index in [-0.39, 0.29) is 11.2 Å². The molecule has 0 saturated carbocycles. The fraction of sp³-hybridized carbons (Fsp3) is 0.600. The zero-order valence-electron chi connectivity index (χ0n) is 10.6. The normalized spacial score (nSPS) is 26.6. The van der Waals surface area contributed by atoms with Crippen molar-refractivity contribution in [3.8, 4) is 0 Å². The molecule has 3 heteroatoms. The van der Waals surface area contributed by atoms with Crippen LogP contribution in [0.5, 0.6) is 0 Å². The predicted octanol–water partition coefficient (Wildman–Crippen LogP) is 2.48. The quantitative estimate of drug-likeness (QED) is 0.888. The zero-order valence-corrected chi connectivity index (χ0v) is 10.6. The van der Waals surface area contributed by atoms with E-state index in [4.69, 9.17) is 4.74 Å². The van der Waals surface area contributed by atoms with Gasteiger partial charge in [-0.3, -0.25) is 0 Å². The van der Waals surface area contributed by atoms with Crippen LogP contribution in [0.2, 0.25) is 0 Å². The maximum absolute atomic E-state index is 13.0. The molecule has 1 aromatic carbocycles. The summed E-state index contributed by atoms with van der Waals surface area (Å²) in [5, 5.41) is 3.47. The van der Waals surface area contributed by atoms with Gasteiger partial charge in [-0.2, -0.15) is 0 Å². The van der Waals surface area contributed by atoms with Gasteiger partial charge in [0.1, 0.15) is 5.82 Å². The van der Waals surface area contributed by atoms with Gasteiger partial charge in [-0.1, -0.05) is 12.1 Å². The first-order valence-corrected chi connectivity index (χ1v) is 6.83. The third-order valence-corrected chi connectivity index (χ3v) is 4.29. The summed E-state index contributed by atoms with van der Waals surface area (Å²) >= 11 is 0.